The molecule has 0 aliphatic rings. The number of nitrogens with zero attached hydrogens (tertiary/aromatic N) is 2. The van der Waals surface area contributed by atoms with E-state index in [2.05, 4.69) is 25.3 Å². The van der Waals surface area contributed by atoms with Crippen molar-refractivity contribution in [1.29, 1.82) is 0 Å². The minimum absolute atomic E-state index is 0.155. The van der Waals surface area contributed by atoms with Gasteiger partial charge in [-0.1, -0.05) is 0 Å². The van der Waals surface area contributed by atoms with E-state index in [4.69, 9.17) is 9.47 Å². The lowest BCUT2D eigenvalue weighted by molar-refractivity contribution is 0.0475. The molecule has 0 unspecified atom stereocenters. The summed E-state index contributed by atoms with van der Waals surface area (Å²) in [4.78, 5) is 16.7. The first-order valence-electron chi connectivity index (χ1n) is 5.39. The van der Waals surface area contributed by atoms with Crippen molar-refractivity contribution < 1.29 is 14.3 Å². The van der Waals surface area contributed by atoms with Crippen LogP contribution in [0.5, 0.6) is 5.88 Å². The summed E-state index contributed by atoms with van der Waals surface area (Å²) in [5.74, 6) is 0.112. The quantitative estimate of drug-likeness (QED) is 0.799. The summed E-state index contributed by atoms with van der Waals surface area (Å²) in [6.45, 7) is 1.98. The maximum absolute atomic E-state index is 11.8. The minimum atomic E-state index is -0.384. The van der Waals surface area contributed by atoms with Crippen LogP contribution in [-0.4, -0.2) is 22.4 Å². The van der Waals surface area contributed by atoms with Gasteiger partial charge in [-0.15, -0.1) is 0 Å². The standard InChI is InChI=1S/C12H11BrN2O3S/c1-7-5-8(3-4-14-7)12(16)18-6-9-10(13)11(17-2)15-19-9/h3-5H,6H2,1-2H3. The summed E-state index contributed by atoms with van der Waals surface area (Å²) < 4.78 is 15.1. The van der Waals surface area contributed by atoms with E-state index in [1.165, 1.54) is 18.6 Å². The fraction of sp³-hybridized carbons (Fsp3) is 0.250. The second-order valence-electron chi connectivity index (χ2n) is 3.69. The van der Waals surface area contributed by atoms with E-state index in [9.17, 15) is 4.79 Å². The molecule has 0 fully saturated rings. The first-order valence-corrected chi connectivity index (χ1v) is 6.96. The third-order valence-corrected chi connectivity index (χ3v) is 4.21. The number of esters is 1. The molecule has 0 aliphatic heterocycles. The average Bonchev–Trinajstić information content (AvgIpc) is 2.76. The van der Waals surface area contributed by atoms with Gasteiger partial charge in [-0.3, -0.25) is 4.98 Å². The smallest absolute Gasteiger partial charge is 0.338 e. The number of halogens is 1. The number of carbonyl (C=O) groups excluding carboxylic acids is 1. The summed E-state index contributed by atoms with van der Waals surface area (Å²) in [6, 6.07) is 3.31. The van der Waals surface area contributed by atoms with Gasteiger partial charge in [-0.25, -0.2) is 4.79 Å². The number of aromatic nitrogens is 2. The second kappa shape index (κ2) is 6.12. The maximum Gasteiger partial charge on any atom is 0.338 e. The highest BCUT2D eigenvalue weighted by Gasteiger charge is 2.14. The molecule has 2 heterocycles. The zero-order chi connectivity index (χ0) is 13.8. The Hall–Kier alpha value is -1.47. The highest BCUT2D eigenvalue weighted by atomic mass is 79.9. The van der Waals surface area contributed by atoms with E-state index in [-0.39, 0.29) is 12.6 Å². The molecular formula is C12H11BrN2O3S. The summed E-state index contributed by atoms with van der Waals surface area (Å²) in [7, 11) is 1.54. The zero-order valence-electron chi connectivity index (χ0n) is 10.3. The molecule has 0 atom stereocenters. The molecule has 2 aromatic rings. The molecule has 0 bridgehead atoms. The van der Waals surface area contributed by atoms with Gasteiger partial charge < -0.3 is 9.47 Å². The molecular weight excluding hydrogens is 332 g/mol. The van der Waals surface area contributed by atoms with Crippen molar-refractivity contribution in [1.82, 2.24) is 9.36 Å². The van der Waals surface area contributed by atoms with Crippen LogP contribution < -0.4 is 4.74 Å². The van der Waals surface area contributed by atoms with Crippen LogP contribution in [0.15, 0.2) is 22.8 Å². The van der Waals surface area contributed by atoms with E-state index in [1.54, 1.807) is 18.3 Å². The van der Waals surface area contributed by atoms with Crippen molar-refractivity contribution in [2.45, 2.75) is 13.5 Å². The normalized spacial score (nSPS) is 10.3. The molecule has 0 aromatic carbocycles. The van der Waals surface area contributed by atoms with Crippen molar-refractivity contribution in [2.75, 3.05) is 7.11 Å². The molecule has 100 valence electrons. The summed E-state index contributed by atoms with van der Waals surface area (Å²) in [5, 5.41) is 0. The van der Waals surface area contributed by atoms with Gasteiger partial charge in [0.25, 0.3) is 0 Å². The number of rotatable bonds is 4. The topological polar surface area (TPSA) is 61.3 Å². The number of pyridine rings is 1. The van der Waals surface area contributed by atoms with Gasteiger partial charge in [0.2, 0.25) is 5.88 Å². The van der Waals surface area contributed by atoms with Crippen molar-refractivity contribution in [2.24, 2.45) is 0 Å². The van der Waals surface area contributed by atoms with Crippen LogP contribution in [0.25, 0.3) is 0 Å². The fourth-order valence-electron chi connectivity index (χ4n) is 1.40. The van der Waals surface area contributed by atoms with Gasteiger partial charge in [0.15, 0.2) is 0 Å². The van der Waals surface area contributed by atoms with E-state index >= 15 is 0 Å². The molecule has 0 spiro atoms. The fourth-order valence-corrected chi connectivity index (χ4v) is 2.74. The van der Waals surface area contributed by atoms with Crippen LogP contribution in [0.3, 0.4) is 0 Å². The number of methoxy groups -OCH3 is 1. The summed E-state index contributed by atoms with van der Waals surface area (Å²) in [5.41, 5.74) is 1.26. The Morgan fingerprint density at radius 2 is 2.32 bits per heavy atom. The van der Waals surface area contributed by atoms with Crippen molar-refractivity contribution in [3.8, 4) is 5.88 Å². The molecule has 19 heavy (non-hydrogen) atoms. The number of hydrogen-bond acceptors (Lipinski definition) is 6. The molecule has 2 rings (SSSR count). The van der Waals surface area contributed by atoms with Gasteiger partial charge >= 0.3 is 5.97 Å². The van der Waals surface area contributed by atoms with Crippen LogP contribution in [0.2, 0.25) is 0 Å². The molecule has 2 aromatic heterocycles. The lowest BCUT2D eigenvalue weighted by Gasteiger charge is -2.04. The SMILES string of the molecule is COc1nsc(COC(=O)c2ccnc(C)c2)c1Br. The predicted octanol–water partition coefficient (Wildman–Crippen LogP) is 2.97. The molecule has 7 heteroatoms. The lowest BCUT2D eigenvalue weighted by Crippen LogP contribution is -2.05. The van der Waals surface area contributed by atoms with Gasteiger partial charge in [0.05, 0.1) is 22.0 Å². The van der Waals surface area contributed by atoms with Crippen LogP contribution in [0.1, 0.15) is 20.9 Å². The monoisotopic (exact) mass is 342 g/mol. The van der Waals surface area contributed by atoms with Crippen molar-refractivity contribution >= 4 is 33.4 Å². The third-order valence-electron chi connectivity index (χ3n) is 2.33. The lowest BCUT2D eigenvalue weighted by atomic mass is 10.2. The second-order valence-corrected chi connectivity index (χ2v) is 5.34. The Kier molecular flexibility index (Phi) is 4.49. The van der Waals surface area contributed by atoms with Gasteiger partial charge in [-0.05, 0) is 46.5 Å². The number of carbonyl (C=O) groups is 1. The number of aryl methyl sites for hydroxylation is 1. The number of hydrogen-bond donors (Lipinski definition) is 0. The molecule has 0 saturated heterocycles. The van der Waals surface area contributed by atoms with Gasteiger partial charge in [-0.2, -0.15) is 4.37 Å². The summed E-state index contributed by atoms with van der Waals surface area (Å²) in [6.07, 6.45) is 1.58. The van der Waals surface area contributed by atoms with Crippen LogP contribution >= 0.6 is 27.5 Å². The Labute approximate surface area is 122 Å². The largest absolute Gasteiger partial charge is 0.480 e. The zero-order valence-corrected chi connectivity index (χ0v) is 12.7. The molecule has 0 amide bonds. The van der Waals surface area contributed by atoms with Crippen molar-refractivity contribution in [3.05, 3.63) is 38.9 Å². The van der Waals surface area contributed by atoms with Gasteiger partial charge in [0, 0.05) is 11.9 Å². The highest BCUT2D eigenvalue weighted by Crippen LogP contribution is 2.31. The molecule has 0 saturated carbocycles. The summed E-state index contributed by atoms with van der Waals surface area (Å²) >= 11 is 4.58. The Morgan fingerprint density at radius 3 is 2.95 bits per heavy atom. The molecule has 0 aliphatic carbocycles. The average molecular weight is 343 g/mol. The van der Waals surface area contributed by atoms with E-state index in [0.717, 1.165) is 15.0 Å². The molecule has 0 N–H and O–H groups in total. The van der Waals surface area contributed by atoms with Crippen LogP contribution in [-0.2, 0) is 11.3 Å². The Morgan fingerprint density at radius 1 is 1.53 bits per heavy atom. The van der Waals surface area contributed by atoms with Crippen LogP contribution in [0, 0.1) is 6.92 Å². The molecule has 0 radical (unpaired) electrons. The van der Waals surface area contributed by atoms with E-state index in [1.807, 2.05) is 6.92 Å². The highest BCUT2D eigenvalue weighted by molar-refractivity contribution is 9.10. The Balaban J connectivity index is 2.02. The molecule has 5 nitrogen and oxygen atoms in total. The van der Waals surface area contributed by atoms with E-state index in [0.29, 0.717) is 11.4 Å². The van der Waals surface area contributed by atoms with E-state index < -0.39 is 0 Å². The van der Waals surface area contributed by atoms with Crippen LogP contribution in [0.4, 0.5) is 0 Å². The number of ether oxygens (including phenoxy) is 2. The minimum Gasteiger partial charge on any atom is -0.480 e. The first kappa shape index (κ1) is 14.0. The Bertz CT molecular complexity index is 600. The van der Waals surface area contributed by atoms with Crippen molar-refractivity contribution in [3.63, 3.8) is 0 Å². The maximum atomic E-state index is 11.8. The third kappa shape index (κ3) is 3.30. The predicted molar refractivity (Wildman–Crippen MR) is 74.5 cm³/mol. The first-order chi connectivity index (χ1) is 9.11. The van der Waals surface area contributed by atoms with Gasteiger partial charge in [0.1, 0.15) is 6.61 Å².